The monoisotopic (exact) mass is 420 g/mol. The van der Waals surface area contributed by atoms with E-state index in [1.807, 2.05) is 6.92 Å². The maximum absolute atomic E-state index is 12.8. The SMILES string of the molecule is CCOCCCNS(=O)(=O)c1cc(N2CCCCS2(=O)=O)ccc1OCC. The molecule has 0 atom stereocenters. The van der Waals surface area contributed by atoms with Gasteiger partial charge in [0, 0.05) is 26.3 Å². The first-order valence-electron chi connectivity index (χ1n) is 9.16. The Hall–Kier alpha value is -1.36. The highest BCUT2D eigenvalue weighted by Crippen LogP contribution is 2.31. The largest absolute Gasteiger partial charge is 0.492 e. The number of ether oxygens (including phenoxy) is 2. The van der Waals surface area contributed by atoms with E-state index in [0.717, 1.165) is 6.42 Å². The van der Waals surface area contributed by atoms with Crippen LogP contribution in [0.1, 0.15) is 33.1 Å². The third kappa shape index (κ3) is 5.81. The van der Waals surface area contributed by atoms with Crippen molar-refractivity contribution in [1.29, 1.82) is 0 Å². The number of rotatable bonds is 10. The van der Waals surface area contributed by atoms with Crippen LogP contribution in [-0.2, 0) is 24.8 Å². The molecule has 1 N–H and O–H groups in total. The van der Waals surface area contributed by atoms with Crippen molar-refractivity contribution in [3.05, 3.63) is 18.2 Å². The van der Waals surface area contributed by atoms with Crippen LogP contribution >= 0.6 is 0 Å². The molecule has 1 aromatic carbocycles. The van der Waals surface area contributed by atoms with Crippen LogP contribution in [0.15, 0.2) is 23.1 Å². The summed E-state index contributed by atoms with van der Waals surface area (Å²) >= 11 is 0. The highest BCUT2D eigenvalue weighted by Gasteiger charge is 2.28. The molecule has 2 rings (SSSR count). The molecule has 0 aliphatic carbocycles. The lowest BCUT2D eigenvalue weighted by Crippen LogP contribution is -2.38. The van der Waals surface area contributed by atoms with Gasteiger partial charge in [-0.3, -0.25) is 4.31 Å². The minimum Gasteiger partial charge on any atom is -0.492 e. The van der Waals surface area contributed by atoms with E-state index in [1.165, 1.54) is 16.4 Å². The highest BCUT2D eigenvalue weighted by molar-refractivity contribution is 7.92. The summed E-state index contributed by atoms with van der Waals surface area (Å²) in [6, 6.07) is 4.47. The average molecular weight is 421 g/mol. The van der Waals surface area contributed by atoms with Crippen LogP contribution in [0.3, 0.4) is 0 Å². The van der Waals surface area contributed by atoms with Crippen molar-refractivity contribution in [2.24, 2.45) is 0 Å². The fourth-order valence-corrected chi connectivity index (χ4v) is 5.69. The molecular weight excluding hydrogens is 392 g/mol. The molecule has 8 nitrogen and oxygen atoms in total. The van der Waals surface area contributed by atoms with Crippen molar-refractivity contribution in [3.8, 4) is 5.75 Å². The van der Waals surface area contributed by atoms with E-state index in [0.29, 0.717) is 44.9 Å². The van der Waals surface area contributed by atoms with Gasteiger partial charge in [0.2, 0.25) is 20.0 Å². The molecule has 27 heavy (non-hydrogen) atoms. The predicted molar refractivity (Wildman–Crippen MR) is 104 cm³/mol. The Morgan fingerprint density at radius 3 is 2.63 bits per heavy atom. The van der Waals surface area contributed by atoms with Crippen LogP contribution in [0.25, 0.3) is 0 Å². The van der Waals surface area contributed by atoms with Gasteiger partial charge < -0.3 is 9.47 Å². The number of hydrogen-bond acceptors (Lipinski definition) is 6. The summed E-state index contributed by atoms with van der Waals surface area (Å²) < 4.78 is 64.7. The van der Waals surface area contributed by atoms with Crippen LogP contribution < -0.4 is 13.8 Å². The van der Waals surface area contributed by atoms with Gasteiger partial charge in [-0.25, -0.2) is 21.6 Å². The lowest BCUT2D eigenvalue weighted by molar-refractivity contribution is 0.146. The van der Waals surface area contributed by atoms with Crippen molar-refractivity contribution < 1.29 is 26.3 Å². The van der Waals surface area contributed by atoms with Crippen molar-refractivity contribution in [3.63, 3.8) is 0 Å². The number of nitrogens with one attached hydrogen (secondary N) is 1. The zero-order valence-electron chi connectivity index (χ0n) is 15.8. The third-order valence-electron chi connectivity index (χ3n) is 4.12. The molecule has 1 saturated heterocycles. The van der Waals surface area contributed by atoms with Gasteiger partial charge >= 0.3 is 0 Å². The molecule has 1 aromatic rings. The molecule has 0 aromatic heterocycles. The summed E-state index contributed by atoms with van der Waals surface area (Å²) in [7, 11) is -7.28. The summed E-state index contributed by atoms with van der Waals surface area (Å²) in [5.41, 5.74) is 0.341. The zero-order valence-corrected chi connectivity index (χ0v) is 17.4. The second-order valence-corrected chi connectivity index (χ2v) is 9.86. The van der Waals surface area contributed by atoms with Crippen molar-refractivity contribution in [2.75, 3.05) is 43.0 Å². The Morgan fingerprint density at radius 2 is 1.96 bits per heavy atom. The topological polar surface area (TPSA) is 102 Å². The minimum atomic E-state index is -3.85. The van der Waals surface area contributed by atoms with Gasteiger partial charge in [-0.15, -0.1) is 0 Å². The van der Waals surface area contributed by atoms with Crippen LogP contribution in [0.4, 0.5) is 5.69 Å². The van der Waals surface area contributed by atoms with E-state index in [2.05, 4.69) is 4.72 Å². The average Bonchev–Trinajstić information content (AvgIpc) is 2.62. The zero-order chi connectivity index (χ0) is 19.9. The van der Waals surface area contributed by atoms with Crippen LogP contribution in [0.2, 0.25) is 0 Å². The molecule has 1 aliphatic rings. The standard InChI is InChI=1S/C17H28N2O6S2/c1-3-24-12-7-10-18-27(22,23)17-14-15(8-9-16(17)25-4-2)19-11-5-6-13-26(19,20)21/h8-9,14,18H,3-7,10-13H2,1-2H3. The first-order chi connectivity index (χ1) is 12.8. The fraction of sp³-hybridized carbons (Fsp3) is 0.647. The van der Waals surface area contributed by atoms with Crippen LogP contribution in [-0.4, -0.2) is 55.5 Å². The van der Waals surface area contributed by atoms with Crippen molar-refractivity contribution >= 4 is 25.7 Å². The number of nitrogens with zero attached hydrogens (tertiary/aromatic N) is 1. The molecule has 154 valence electrons. The number of anilines is 1. The van der Waals surface area contributed by atoms with Gasteiger partial charge in [0.1, 0.15) is 10.6 Å². The molecule has 0 saturated carbocycles. The number of sulfonamides is 2. The Morgan fingerprint density at radius 1 is 1.19 bits per heavy atom. The molecule has 1 heterocycles. The van der Waals surface area contributed by atoms with Crippen molar-refractivity contribution in [1.82, 2.24) is 4.72 Å². The maximum Gasteiger partial charge on any atom is 0.244 e. The molecule has 1 fully saturated rings. The second-order valence-electron chi connectivity index (χ2n) is 6.11. The smallest absolute Gasteiger partial charge is 0.244 e. The van der Waals surface area contributed by atoms with Gasteiger partial charge in [0.25, 0.3) is 0 Å². The number of benzene rings is 1. The Labute approximate surface area is 161 Å². The first-order valence-corrected chi connectivity index (χ1v) is 12.3. The predicted octanol–water partition coefficient (Wildman–Crippen LogP) is 1.72. The van der Waals surface area contributed by atoms with Crippen LogP contribution in [0, 0.1) is 0 Å². The molecule has 1 aliphatic heterocycles. The van der Waals surface area contributed by atoms with E-state index in [1.54, 1.807) is 13.0 Å². The third-order valence-corrected chi connectivity index (χ3v) is 7.47. The van der Waals surface area contributed by atoms with E-state index < -0.39 is 20.0 Å². The summed E-state index contributed by atoms with van der Waals surface area (Å²) in [5.74, 6) is 0.269. The van der Waals surface area contributed by atoms with E-state index in [-0.39, 0.29) is 22.9 Å². The molecule has 0 unspecified atom stereocenters. The molecular formula is C17H28N2O6S2. The quantitative estimate of drug-likeness (QED) is 0.578. The summed E-state index contributed by atoms with van der Waals surface area (Å²) in [4.78, 5) is -0.0565. The van der Waals surface area contributed by atoms with E-state index >= 15 is 0 Å². The lowest BCUT2D eigenvalue weighted by atomic mass is 10.2. The molecule has 10 heteroatoms. The Balaban J connectivity index is 2.29. The van der Waals surface area contributed by atoms with Crippen LogP contribution in [0.5, 0.6) is 5.75 Å². The first kappa shape index (κ1) is 21.9. The van der Waals surface area contributed by atoms with Crippen molar-refractivity contribution in [2.45, 2.75) is 38.0 Å². The van der Waals surface area contributed by atoms with Gasteiger partial charge in [0.15, 0.2) is 0 Å². The summed E-state index contributed by atoms with van der Waals surface area (Å²) in [6.07, 6.45) is 1.89. The summed E-state index contributed by atoms with van der Waals surface area (Å²) in [5, 5.41) is 0. The van der Waals surface area contributed by atoms with Gasteiger partial charge in [-0.1, -0.05) is 0 Å². The lowest BCUT2D eigenvalue weighted by Gasteiger charge is -2.28. The highest BCUT2D eigenvalue weighted by atomic mass is 32.2. The molecule has 0 amide bonds. The maximum atomic E-state index is 12.8. The summed E-state index contributed by atoms with van der Waals surface area (Å²) in [6.45, 7) is 5.54. The molecule has 0 spiro atoms. The fourth-order valence-electron chi connectivity index (χ4n) is 2.82. The van der Waals surface area contributed by atoms with Gasteiger partial charge in [-0.05, 0) is 51.3 Å². The minimum absolute atomic E-state index is 0.0565. The van der Waals surface area contributed by atoms with E-state index in [4.69, 9.17) is 9.47 Å². The molecule has 0 radical (unpaired) electrons. The van der Waals surface area contributed by atoms with E-state index in [9.17, 15) is 16.8 Å². The Bertz CT molecular complexity index is 824. The second kappa shape index (κ2) is 9.72. The molecule has 0 bridgehead atoms. The number of hydrogen-bond donors (Lipinski definition) is 1. The van der Waals surface area contributed by atoms with Gasteiger partial charge in [-0.2, -0.15) is 0 Å². The normalized spacial score (nSPS) is 17.0. The Kier molecular flexibility index (Phi) is 7.90. The van der Waals surface area contributed by atoms with Gasteiger partial charge in [0.05, 0.1) is 18.0 Å².